The first-order valence-corrected chi connectivity index (χ1v) is 6.07. The molecule has 0 atom stereocenters. The maximum atomic E-state index is 12.0. The topological polar surface area (TPSA) is 123 Å². The minimum absolute atomic E-state index is 0.182. The van der Waals surface area contributed by atoms with Crippen molar-refractivity contribution in [3.63, 3.8) is 0 Å². The Kier molecular flexibility index (Phi) is 4.12. The Morgan fingerprint density at radius 2 is 2.29 bits per heavy atom. The minimum Gasteiger partial charge on any atom is -0.508 e. The molecule has 0 radical (unpaired) electrons. The van der Waals surface area contributed by atoms with Gasteiger partial charge in [0.1, 0.15) is 23.5 Å². The number of hydrogen-bond donors (Lipinski definition) is 2. The van der Waals surface area contributed by atoms with Crippen LogP contribution in [0.1, 0.15) is 16.2 Å². The fourth-order valence-corrected chi connectivity index (χ4v) is 1.78. The Bertz CT molecular complexity index is 682. The average Bonchev–Trinajstić information content (AvgIpc) is 2.84. The number of rotatable bonds is 5. The van der Waals surface area contributed by atoms with Crippen LogP contribution in [-0.4, -0.2) is 37.2 Å². The molecular formula is C12H13N5O4. The van der Waals surface area contributed by atoms with Crippen molar-refractivity contribution >= 4 is 11.6 Å². The van der Waals surface area contributed by atoms with Crippen molar-refractivity contribution in [3.8, 4) is 5.75 Å². The molecule has 110 valence electrons. The van der Waals surface area contributed by atoms with Crippen LogP contribution in [-0.2, 0) is 13.5 Å². The van der Waals surface area contributed by atoms with Gasteiger partial charge in [0.2, 0.25) is 0 Å². The monoisotopic (exact) mass is 291 g/mol. The van der Waals surface area contributed by atoms with Gasteiger partial charge < -0.3 is 15.0 Å². The van der Waals surface area contributed by atoms with Crippen LogP contribution in [0.2, 0.25) is 0 Å². The van der Waals surface area contributed by atoms with Crippen LogP contribution >= 0.6 is 0 Å². The molecule has 0 unspecified atom stereocenters. The smallest absolute Gasteiger partial charge is 0.282 e. The molecule has 2 N–H and O–H groups in total. The SMILES string of the molecule is Cn1cnnc1CCNC(=O)c1cc(O)ccc1[N+](=O)[O-]. The number of carbonyl (C=O) groups excluding carboxylic acids is 1. The van der Waals surface area contributed by atoms with Crippen LogP contribution in [0.25, 0.3) is 0 Å². The van der Waals surface area contributed by atoms with E-state index in [0.717, 1.165) is 18.2 Å². The molecule has 9 nitrogen and oxygen atoms in total. The average molecular weight is 291 g/mol. The number of nitrogens with one attached hydrogen (secondary N) is 1. The van der Waals surface area contributed by atoms with Crippen molar-refractivity contribution in [2.75, 3.05) is 6.54 Å². The van der Waals surface area contributed by atoms with Crippen LogP contribution in [0.5, 0.6) is 5.75 Å². The van der Waals surface area contributed by atoms with Gasteiger partial charge in [-0.2, -0.15) is 0 Å². The number of aromatic hydroxyl groups is 1. The highest BCUT2D eigenvalue weighted by molar-refractivity contribution is 5.98. The number of phenols is 1. The molecule has 1 aromatic carbocycles. The molecule has 0 aliphatic carbocycles. The lowest BCUT2D eigenvalue weighted by Crippen LogP contribution is -2.27. The number of amides is 1. The van der Waals surface area contributed by atoms with Gasteiger partial charge in [-0.3, -0.25) is 14.9 Å². The second-order valence-corrected chi connectivity index (χ2v) is 4.32. The lowest BCUT2D eigenvalue weighted by atomic mass is 10.1. The second-order valence-electron chi connectivity index (χ2n) is 4.32. The summed E-state index contributed by atoms with van der Waals surface area (Å²) in [5, 5.41) is 30.3. The summed E-state index contributed by atoms with van der Waals surface area (Å²) in [6.07, 6.45) is 1.98. The lowest BCUT2D eigenvalue weighted by Gasteiger charge is -2.06. The molecule has 2 rings (SSSR count). The number of nitrogens with zero attached hydrogens (tertiary/aromatic N) is 4. The molecule has 0 bridgehead atoms. The Morgan fingerprint density at radius 1 is 1.52 bits per heavy atom. The fourth-order valence-electron chi connectivity index (χ4n) is 1.78. The summed E-state index contributed by atoms with van der Waals surface area (Å²) >= 11 is 0. The van der Waals surface area contributed by atoms with Gasteiger partial charge in [-0.05, 0) is 12.1 Å². The molecule has 1 heterocycles. The van der Waals surface area contributed by atoms with E-state index in [9.17, 15) is 20.0 Å². The Balaban J connectivity index is 2.05. The molecule has 1 amide bonds. The van der Waals surface area contributed by atoms with Crippen molar-refractivity contribution in [1.29, 1.82) is 0 Å². The third-order valence-corrected chi connectivity index (χ3v) is 2.86. The maximum Gasteiger partial charge on any atom is 0.282 e. The molecule has 0 aliphatic heterocycles. The van der Waals surface area contributed by atoms with E-state index < -0.39 is 10.8 Å². The zero-order valence-corrected chi connectivity index (χ0v) is 11.2. The van der Waals surface area contributed by atoms with E-state index >= 15 is 0 Å². The summed E-state index contributed by atoms with van der Waals surface area (Å²) in [5.74, 6) is -0.153. The molecule has 9 heteroatoms. The number of aromatic nitrogens is 3. The van der Waals surface area contributed by atoms with Gasteiger partial charge in [0.05, 0.1) is 4.92 Å². The Labute approximate surface area is 119 Å². The molecule has 0 fully saturated rings. The van der Waals surface area contributed by atoms with Crippen LogP contribution in [0.3, 0.4) is 0 Å². The summed E-state index contributed by atoms with van der Waals surface area (Å²) in [7, 11) is 1.78. The summed E-state index contributed by atoms with van der Waals surface area (Å²) in [5.41, 5.74) is -0.540. The lowest BCUT2D eigenvalue weighted by molar-refractivity contribution is -0.385. The van der Waals surface area contributed by atoms with Crippen LogP contribution in [0.15, 0.2) is 24.5 Å². The number of benzene rings is 1. The van der Waals surface area contributed by atoms with Gasteiger partial charge in [0, 0.05) is 26.1 Å². The zero-order valence-electron chi connectivity index (χ0n) is 11.2. The van der Waals surface area contributed by atoms with Gasteiger partial charge in [0.15, 0.2) is 0 Å². The number of aryl methyl sites for hydroxylation is 1. The Morgan fingerprint density at radius 3 is 2.90 bits per heavy atom. The van der Waals surface area contributed by atoms with E-state index in [0.29, 0.717) is 12.2 Å². The normalized spacial score (nSPS) is 10.3. The van der Waals surface area contributed by atoms with Crippen LogP contribution in [0, 0.1) is 10.1 Å². The van der Waals surface area contributed by atoms with Gasteiger partial charge in [-0.15, -0.1) is 10.2 Å². The first-order valence-electron chi connectivity index (χ1n) is 6.07. The highest BCUT2D eigenvalue weighted by Crippen LogP contribution is 2.23. The molecule has 2 aromatic rings. The van der Waals surface area contributed by atoms with Crippen molar-refractivity contribution in [2.45, 2.75) is 6.42 Å². The first kappa shape index (κ1) is 14.4. The summed E-state index contributed by atoms with van der Waals surface area (Å²) in [6, 6.07) is 3.32. The van der Waals surface area contributed by atoms with Gasteiger partial charge in [-0.25, -0.2) is 0 Å². The van der Waals surface area contributed by atoms with E-state index in [1.54, 1.807) is 11.6 Å². The van der Waals surface area contributed by atoms with E-state index in [-0.39, 0.29) is 23.5 Å². The standard InChI is InChI=1S/C12H13N5O4/c1-16-7-14-15-11(16)4-5-13-12(19)9-6-8(18)2-3-10(9)17(20)21/h2-3,6-7,18H,4-5H2,1H3,(H,13,19). The van der Waals surface area contributed by atoms with E-state index in [4.69, 9.17) is 0 Å². The van der Waals surface area contributed by atoms with E-state index in [1.807, 2.05) is 0 Å². The third-order valence-electron chi connectivity index (χ3n) is 2.86. The van der Waals surface area contributed by atoms with Gasteiger partial charge in [-0.1, -0.05) is 0 Å². The predicted molar refractivity (Wildman–Crippen MR) is 71.8 cm³/mol. The molecular weight excluding hydrogens is 278 g/mol. The largest absolute Gasteiger partial charge is 0.508 e. The van der Waals surface area contributed by atoms with Crippen LogP contribution < -0.4 is 5.32 Å². The van der Waals surface area contributed by atoms with Crippen molar-refractivity contribution < 1.29 is 14.8 Å². The van der Waals surface area contributed by atoms with Crippen molar-refractivity contribution in [1.82, 2.24) is 20.1 Å². The quantitative estimate of drug-likeness (QED) is 0.607. The van der Waals surface area contributed by atoms with Crippen molar-refractivity contribution in [2.24, 2.45) is 7.05 Å². The third kappa shape index (κ3) is 3.32. The maximum absolute atomic E-state index is 12.0. The first-order chi connectivity index (χ1) is 9.99. The molecule has 0 spiro atoms. The number of nitro benzene ring substituents is 1. The zero-order chi connectivity index (χ0) is 15.4. The fraction of sp³-hybridized carbons (Fsp3) is 0.250. The highest BCUT2D eigenvalue weighted by atomic mass is 16.6. The van der Waals surface area contributed by atoms with Gasteiger partial charge in [0.25, 0.3) is 11.6 Å². The minimum atomic E-state index is -0.670. The number of nitro groups is 1. The number of phenolic OH excluding ortho intramolecular Hbond substituents is 1. The van der Waals surface area contributed by atoms with E-state index in [2.05, 4.69) is 15.5 Å². The van der Waals surface area contributed by atoms with Crippen molar-refractivity contribution in [3.05, 3.63) is 46.0 Å². The number of hydrogen-bond acceptors (Lipinski definition) is 6. The molecule has 0 saturated carbocycles. The molecule has 0 aliphatic rings. The molecule has 1 aromatic heterocycles. The number of carbonyl (C=O) groups is 1. The van der Waals surface area contributed by atoms with E-state index in [1.165, 1.54) is 6.33 Å². The molecule has 0 saturated heterocycles. The summed E-state index contributed by atoms with van der Waals surface area (Å²) in [6.45, 7) is 0.248. The predicted octanol–water partition coefficient (Wildman–Crippen LogP) is 0.401. The summed E-state index contributed by atoms with van der Waals surface area (Å²) in [4.78, 5) is 22.2. The second kappa shape index (κ2) is 5.99. The molecule has 21 heavy (non-hydrogen) atoms. The Hall–Kier alpha value is -2.97. The van der Waals surface area contributed by atoms with Crippen LogP contribution in [0.4, 0.5) is 5.69 Å². The highest BCUT2D eigenvalue weighted by Gasteiger charge is 2.20. The van der Waals surface area contributed by atoms with Gasteiger partial charge >= 0.3 is 0 Å². The summed E-state index contributed by atoms with van der Waals surface area (Å²) < 4.78 is 1.71.